The lowest BCUT2D eigenvalue weighted by molar-refractivity contribution is -0.131. The molecule has 0 aliphatic rings. The highest BCUT2D eigenvalue weighted by atomic mass is 16.5. The first-order valence-electron chi connectivity index (χ1n) is 10.2. The molecule has 0 amide bonds. The summed E-state index contributed by atoms with van der Waals surface area (Å²) in [5.41, 5.74) is 4.90. The van der Waals surface area contributed by atoms with E-state index in [1.165, 1.54) is 6.26 Å². The van der Waals surface area contributed by atoms with Gasteiger partial charge in [0, 0.05) is 12.0 Å². The number of oxazole rings is 1. The van der Waals surface area contributed by atoms with Gasteiger partial charge in [-0.05, 0) is 68.7 Å². The van der Waals surface area contributed by atoms with Crippen molar-refractivity contribution in [1.82, 2.24) is 4.98 Å². The maximum absolute atomic E-state index is 10.6. The molecule has 6 nitrogen and oxygen atoms in total. The van der Waals surface area contributed by atoms with E-state index in [0.29, 0.717) is 18.9 Å². The third-order valence-electron chi connectivity index (χ3n) is 4.99. The fourth-order valence-corrected chi connectivity index (χ4v) is 3.57. The molecule has 0 radical (unpaired) electrons. The van der Waals surface area contributed by atoms with E-state index in [1.54, 1.807) is 0 Å². The zero-order valence-corrected chi connectivity index (χ0v) is 18.2. The molecule has 0 spiro atoms. The minimum Gasteiger partial charge on any atom is -0.493 e. The molecule has 1 heterocycles. The van der Waals surface area contributed by atoms with Gasteiger partial charge in [0.2, 0.25) is 5.89 Å². The lowest BCUT2D eigenvalue weighted by Crippen LogP contribution is -2.06. The van der Waals surface area contributed by atoms with Gasteiger partial charge >= 0.3 is 5.97 Å². The summed E-state index contributed by atoms with van der Waals surface area (Å²) in [6.45, 7) is 8.26. The second kappa shape index (κ2) is 9.98. The Bertz CT molecular complexity index is 1050. The minimum absolute atomic E-state index is 0.265. The summed E-state index contributed by atoms with van der Waals surface area (Å²) in [4.78, 5) is 15.2. The molecular formula is C25H27NO5. The molecule has 0 aliphatic carbocycles. The number of carboxylic acids is 1. The number of carbonyl (C=O) groups is 1. The third kappa shape index (κ3) is 5.75. The summed E-state index contributed by atoms with van der Waals surface area (Å²) < 4.78 is 17.3. The fraction of sp³-hybridized carbons (Fsp3) is 0.280. The maximum Gasteiger partial charge on any atom is 0.331 e. The van der Waals surface area contributed by atoms with Crippen molar-refractivity contribution in [2.24, 2.45) is 0 Å². The Morgan fingerprint density at radius 2 is 1.84 bits per heavy atom. The van der Waals surface area contributed by atoms with Gasteiger partial charge in [-0.1, -0.05) is 18.2 Å². The van der Waals surface area contributed by atoms with Crippen LogP contribution in [0.1, 0.15) is 41.2 Å². The van der Waals surface area contributed by atoms with Gasteiger partial charge in [-0.25, -0.2) is 9.78 Å². The number of ether oxygens (including phenoxy) is 2. The number of aryl methyl sites for hydroxylation is 3. The predicted octanol–water partition coefficient (Wildman–Crippen LogP) is 5.56. The Morgan fingerprint density at radius 3 is 2.48 bits per heavy atom. The predicted molar refractivity (Wildman–Crippen MR) is 118 cm³/mol. The Balaban J connectivity index is 1.63. The summed E-state index contributed by atoms with van der Waals surface area (Å²) in [6.07, 6.45) is 2.56. The number of rotatable bonds is 9. The van der Waals surface area contributed by atoms with Crippen molar-refractivity contribution >= 4 is 5.97 Å². The first-order chi connectivity index (χ1) is 14.8. The van der Waals surface area contributed by atoms with Gasteiger partial charge in [0.1, 0.15) is 17.6 Å². The zero-order chi connectivity index (χ0) is 22.4. The van der Waals surface area contributed by atoms with Crippen molar-refractivity contribution in [3.63, 3.8) is 0 Å². The molecule has 1 aromatic heterocycles. The highest BCUT2D eigenvalue weighted by Gasteiger charge is 2.15. The zero-order valence-electron chi connectivity index (χ0n) is 18.2. The topological polar surface area (TPSA) is 81.8 Å². The van der Waals surface area contributed by atoms with E-state index >= 15 is 0 Å². The normalized spacial score (nSPS) is 12.1. The minimum atomic E-state index is -1.04. The van der Waals surface area contributed by atoms with Crippen molar-refractivity contribution in [2.75, 3.05) is 6.61 Å². The van der Waals surface area contributed by atoms with Crippen molar-refractivity contribution in [1.29, 1.82) is 0 Å². The second-order valence-electron chi connectivity index (χ2n) is 7.38. The van der Waals surface area contributed by atoms with E-state index < -0.39 is 5.97 Å². The Morgan fingerprint density at radius 1 is 1.16 bits per heavy atom. The smallest absolute Gasteiger partial charge is 0.331 e. The molecule has 0 saturated carbocycles. The highest BCUT2D eigenvalue weighted by Crippen LogP contribution is 2.29. The molecular weight excluding hydrogens is 394 g/mol. The fourth-order valence-electron chi connectivity index (χ4n) is 3.57. The standard InChI is InChI=1S/C25H27NO5/c1-16-14-21(15-17(2)24(16)19(4)29-13-11-23(27)28)30-12-10-22-18(3)31-25(26-22)20-8-6-5-7-9-20/h5-9,11,13-15,19H,10,12H2,1-4H3,(H,27,28)/b13-11+. The lowest BCUT2D eigenvalue weighted by Gasteiger charge is -2.18. The number of hydrogen-bond donors (Lipinski definition) is 1. The molecule has 1 unspecified atom stereocenters. The molecule has 3 rings (SSSR count). The lowest BCUT2D eigenvalue weighted by atomic mass is 9.98. The molecule has 2 aromatic carbocycles. The van der Waals surface area contributed by atoms with E-state index in [4.69, 9.17) is 19.0 Å². The molecule has 1 atom stereocenters. The van der Waals surface area contributed by atoms with Crippen LogP contribution in [-0.4, -0.2) is 22.7 Å². The van der Waals surface area contributed by atoms with E-state index in [9.17, 15) is 4.79 Å². The second-order valence-corrected chi connectivity index (χ2v) is 7.38. The summed E-state index contributed by atoms with van der Waals surface area (Å²) in [5, 5.41) is 8.69. The van der Waals surface area contributed by atoms with Crippen LogP contribution in [0.15, 0.2) is 59.2 Å². The third-order valence-corrected chi connectivity index (χ3v) is 4.99. The van der Waals surface area contributed by atoms with Gasteiger partial charge in [-0.2, -0.15) is 0 Å². The van der Waals surface area contributed by atoms with Crippen LogP contribution in [0.4, 0.5) is 0 Å². The van der Waals surface area contributed by atoms with Crippen LogP contribution in [0, 0.1) is 20.8 Å². The molecule has 6 heteroatoms. The molecule has 162 valence electrons. The maximum atomic E-state index is 10.6. The number of aliphatic carboxylic acids is 1. The van der Waals surface area contributed by atoms with Crippen LogP contribution >= 0.6 is 0 Å². The first kappa shape index (κ1) is 22.2. The summed E-state index contributed by atoms with van der Waals surface area (Å²) in [6, 6.07) is 13.8. The molecule has 31 heavy (non-hydrogen) atoms. The summed E-state index contributed by atoms with van der Waals surface area (Å²) >= 11 is 0. The van der Waals surface area contributed by atoms with Gasteiger partial charge in [0.05, 0.1) is 24.6 Å². The van der Waals surface area contributed by atoms with E-state index in [0.717, 1.165) is 45.5 Å². The molecule has 1 N–H and O–H groups in total. The Labute approximate surface area is 182 Å². The Kier molecular flexibility index (Phi) is 7.13. The van der Waals surface area contributed by atoms with E-state index in [1.807, 2.05) is 70.2 Å². The van der Waals surface area contributed by atoms with Gasteiger partial charge in [-0.15, -0.1) is 0 Å². The average molecular weight is 421 g/mol. The number of carboxylic acid groups (broad SMARTS) is 1. The van der Waals surface area contributed by atoms with Crippen molar-refractivity contribution in [3.8, 4) is 17.2 Å². The molecule has 0 saturated heterocycles. The van der Waals surface area contributed by atoms with Crippen LogP contribution in [-0.2, 0) is 16.0 Å². The van der Waals surface area contributed by atoms with E-state index in [2.05, 4.69) is 4.98 Å². The van der Waals surface area contributed by atoms with Gasteiger partial charge in [-0.3, -0.25) is 0 Å². The van der Waals surface area contributed by atoms with Crippen molar-refractivity contribution in [2.45, 2.75) is 40.2 Å². The van der Waals surface area contributed by atoms with Crippen LogP contribution in [0.2, 0.25) is 0 Å². The number of nitrogens with zero attached hydrogens (tertiary/aromatic N) is 1. The van der Waals surface area contributed by atoms with Crippen molar-refractivity contribution < 1.29 is 23.8 Å². The number of aromatic nitrogens is 1. The van der Waals surface area contributed by atoms with Crippen molar-refractivity contribution in [3.05, 3.63) is 82.9 Å². The van der Waals surface area contributed by atoms with Crippen LogP contribution in [0.25, 0.3) is 11.5 Å². The first-order valence-corrected chi connectivity index (χ1v) is 10.2. The average Bonchev–Trinajstić information content (AvgIpc) is 3.08. The highest BCUT2D eigenvalue weighted by molar-refractivity contribution is 5.79. The summed E-state index contributed by atoms with van der Waals surface area (Å²) in [5.74, 6) is 1.15. The summed E-state index contributed by atoms with van der Waals surface area (Å²) in [7, 11) is 0. The molecule has 0 aliphatic heterocycles. The number of benzene rings is 2. The SMILES string of the molecule is Cc1cc(OCCc2nc(-c3ccccc3)oc2C)cc(C)c1C(C)O/C=C/C(=O)O. The van der Waals surface area contributed by atoms with Gasteiger partial charge in [0.25, 0.3) is 0 Å². The van der Waals surface area contributed by atoms with Crippen LogP contribution < -0.4 is 4.74 Å². The molecule has 0 bridgehead atoms. The van der Waals surface area contributed by atoms with Crippen LogP contribution in [0.5, 0.6) is 5.75 Å². The Hall–Kier alpha value is -3.54. The quantitative estimate of drug-likeness (QED) is 0.360. The number of hydrogen-bond acceptors (Lipinski definition) is 5. The van der Waals surface area contributed by atoms with Crippen LogP contribution in [0.3, 0.4) is 0 Å². The molecule has 0 fully saturated rings. The van der Waals surface area contributed by atoms with Gasteiger partial charge < -0.3 is 19.0 Å². The van der Waals surface area contributed by atoms with E-state index in [-0.39, 0.29) is 6.10 Å². The molecule has 3 aromatic rings. The monoisotopic (exact) mass is 421 g/mol. The largest absolute Gasteiger partial charge is 0.493 e. The van der Waals surface area contributed by atoms with Gasteiger partial charge in [0.15, 0.2) is 0 Å².